The van der Waals surface area contributed by atoms with Gasteiger partial charge in [-0.15, -0.1) is 6.42 Å². The summed E-state index contributed by atoms with van der Waals surface area (Å²) in [6, 6.07) is 9.69. The van der Waals surface area contributed by atoms with Gasteiger partial charge in [0.05, 0.1) is 43.7 Å². The van der Waals surface area contributed by atoms with Gasteiger partial charge in [-0.25, -0.2) is 9.79 Å². The van der Waals surface area contributed by atoms with Crippen LogP contribution in [0.3, 0.4) is 0 Å². The standard InChI is InChI=1S/C29H28N2O7S/c1-7-13-38-21-12-9-18(14-23(21)36-6)15-24-27(32)31-26(20-11-10-19(34-4)16-22(20)35-5)25(28(33)37-8-2)17(3)30-29(31)39-24/h1,9-12,14-16,26H,8,13H2,2-6H3/b24-15-/t26-/m1/s1. The Morgan fingerprint density at radius 2 is 1.87 bits per heavy atom. The van der Waals surface area contributed by atoms with E-state index in [1.165, 1.54) is 30.1 Å². The molecule has 3 aromatic rings. The van der Waals surface area contributed by atoms with Gasteiger partial charge >= 0.3 is 5.97 Å². The molecule has 1 aromatic heterocycles. The molecule has 10 heteroatoms. The highest BCUT2D eigenvalue weighted by molar-refractivity contribution is 7.07. The van der Waals surface area contributed by atoms with Gasteiger partial charge in [0.2, 0.25) is 0 Å². The van der Waals surface area contributed by atoms with Crippen molar-refractivity contribution < 1.29 is 28.5 Å². The van der Waals surface area contributed by atoms with Crippen molar-refractivity contribution in [1.29, 1.82) is 0 Å². The summed E-state index contributed by atoms with van der Waals surface area (Å²) in [4.78, 5) is 32.1. The second kappa shape index (κ2) is 11.9. The lowest BCUT2D eigenvalue weighted by Gasteiger charge is -2.26. The predicted molar refractivity (Wildman–Crippen MR) is 147 cm³/mol. The first kappa shape index (κ1) is 27.5. The average Bonchev–Trinajstić information content (AvgIpc) is 3.24. The molecular formula is C29H28N2O7S. The summed E-state index contributed by atoms with van der Waals surface area (Å²) in [6.45, 7) is 3.73. The van der Waals surface area contributed by atoms with Crippen LogP contribution in [-0.2, 0) is 9.53 Å². The van der Waals surface area contributed by atoms with Crippen LogP contribution in [0.4, 0.5) is 0 Å². The first-order valence-electron chi connectivity index (χ1n) is 12.0. The number of rotatable bonds is 9. The lowest BCUT2D eigenvalue weighted by molar-refractivity contribution is -0.139. The number of carbonyl (C=O) groups excluding carboxylic acids is 1. The summed E-state index contributed by atoms with van der Waals surface area (Å²) in [7, 11) is 4.60. The molecule has 2 aromatic carbocycles. The first-order chi connectivity index (χ1) is 18.9. The van der Waals surface area contributed by atoms with Crippen molar-refractivity contribution in [3.63, 3.8) is 0 Å². The molecule has 0 aliphatic carbocycles. The molecule has 202 valence electrons. The number of fused-ring (bicyclic) bond motifs is 1. The van der Waals surface area contributed by atoms with Crippen molar-refractivity contribution >= 4 is 23.4 Å². The molecule has 0 bridgehead atoms. The van der Waals surface area contributed by atoms with E-state index >= 15 is 0 Å². The molecule has 0 amide bonds. The Morgan fingerprint density at radius 3 is 2.54 bits per heavy atom. The molecule has 0 saturated carbocycles. The molecule has 0 fully saturated rings. The molecular weight excluding hydrogens is 520 g/mol. The summed E-state index contributed by atoms with van der Waals surface area (Å²) >= 11 is 1.22. The second-order valence-corrected chi connectivity index (χ2v) is 9.32. The molecule has 2 heterocycles. The maximum atomic E-state index is 13.9. The summed E-state index contributed by atoms with van der Waals surface area (Å²) in [6.07, 6.45) is 7.03. The Hall–Kier alpha value is -4.49. The number of terminal acetylenes is 1. The summed E-state index contributed by atoms with van der Waals surface area (Å²) < 4.78 is 29.2. The van der Waals surface area contributed by atoms with Crippen LogP contribution in [0.2, 0.25) is 0 Å². The fraction of sp³-hybridized carbons (Fsp3) is 0.276. The smallest absolute Gasteiger partial charge is 0.338 e. The molecule has 39 heavy (non-hydrogen) atoms. The minimum atomic E-state index is -0.822. The number of hydrogen-bond acceptors (Lipinski definition) is 9. The highest BCUT2D eigenvalue weighted by Gasteiger charge is 2.35. The zero-order valence-electron chi connectivity index (χ0n) is 22.3. The Labute approximate surface area is 229 Å². The topological polar surface area (TPSA) is 97.6 Å². The largest absolute Gasteiger partial charge is 0.497 e. The third-order valence-corrected chi connectivity index (χ3v) is 7.03. The lowest BCUT2D eigenvalue weighted by atomic mass is 9.95. The van der Waals surface area contributed by atoms with Crippen molar-refractivity contribution in [2.45, 2.75) is 19.9 Å². The van der Waals surface area contributed by atoms with Gasteiger partial charge in [-0.05, 0) is 49.8 Å². The maximum absolute atomic E-state index is 13.9. The van der Waals surface area contributed by atoms with E-state index < -0.39 is 12.0 Å². The molecule has 0 radical (unpaired) electrons. The van der Waals surface area contributed by atoms with Crippen LogP contribution in [0.25, 0.3) is 6.08 Å². The number of thiazole rings is 1. The lowest BCUT2D eigenvalue weighted by Crippen LogP contribution is -2.40. The Kier molecular flexibility index (Phi) is 8.42. The molecule has 0 spiro atoms. The van der Waals surface area contributed by atoms with E-state index in [-0.39, 0.29) is 24.3 Å². The van der Waals surface area contributed by atoms with Crippen LogP contribution in [0.15, 0.2) is 57.5 Å². The molecule has 0 N–H and O–H groups in total. The monoisotopic (exact) mass is 548 g/mol. The van der Waals surface area contributed by atoms with E-state index in [1.54, 1.807) is 63.4 Å². The number of esters is 1. The molecule has 1 atom stereocenters. The molecule has 1 aliphatic rings. The van der Waals surface area contributed by atoms with Crippen molar-refractivity contribution in [3.8, 4) is 35.3 Å². The van der Waals surface area contributed by atoms with Crippen LogP contribution in [0, 0.1) is 12.3 Å². The van der Waals surface area contributed by atoms with Gasteiger partial charge in [-0.2, -0.15) is 0 Å². The number of benzene rings is 2. The van der Waals surface area contributed by atoms with E-state index in [4.69, 9.17) is 30.1 Å². The summed E-state index contributed by atoms with van der Waals surface area (Å²) in [5.41, 5.74) is 1.71. The zero-order chi connectivity index (χ0) is 28.1. The van der Waals surface area contributed by atoms with E-state index in [0.717, 1.165) is 0 Å². The van der Waals surface area contributed by atoms with Crippen molar-refractivity contribution in [2.24, 2.45) is 4.99 Å². The van der Waals surface area contributed by atoms with Crippen LogP contribution in [0.1, 0.15) is 31.0 Å². The van der Waals surface area contributed by atoms with Crippen molar-refractivity contribution in [3.05, 3.63) is 78.5 Å². The van der Waals surface area contributed by atoms with Gasteiger partial charge in [-0.1, -0.05) is 23.3 Å². The Balaban J connectivity index is 1.92. The number of hydrogen-bond donors (Lipinski definition) is 0. The van der Waals surface area contributed by atoms with E-state index in [0.29, 0.717) is 49.2 Å². The van der Waals surface area contributed by atoms with E-state index in [1.807, 2.05) is 0 Å². The number of nitrogens with zero attached hydrogens (tertiary/aromatic N) is 2. The van der Waals surface area contributed by atoms with Crippen molar-refractivity contribution in [1.82, 2.24) is 4.57 Å². The summed E-state index contributed by atoms with van der Waals surface area (Å²) in [5, 5.41) is 0. The third kappa shape index (κ3) is 5.40. The van der Waals surface area contributed by atoms with Gasteiger partial charge in [0.1, 0.15) is 24.1 Å². The fourth-order valence-electron chi connectivity index (χ4n) is 4.29. The second-order valence-electron chi connectivity index (χ2n) is 8.31. The molecule has 9 nitrogen and oxygen atoms in total. The Morgan fingerprint density at radius 1 is 1.10 bits per heavy atom. The van der Waals surface area contributed by atoms with Crippen LogP contribution in [-0.4, -0.2) is 45.1 Å². The SMILES string of the molecule is C#CCOc1ccc(/C=c2\sc3n(c2=O)[C@H](c2ccc(OC)cc2OC)C(C(=O)OCC)=C(C)N=3)cc1OC. The van der Waals surface area contributed by atoms with Crippen LogP contribution in [0.5, 0.6) is 23.0 Å². The number of carbonyl (C=O) groups is 1. The highest BCUT2D eigenvalue weighted by atomic mass is 32.1. The predicted octanol–water partition coefficient (Wildman–Crippen LogP) is 2.84. The number of methoxy groups -OCH3 is 3. The van der Waals surface area contributed by atoms with Gasteiger partial charge < -0.3 is 23.7 Å². The fourth-order valence-corrected chi connectivity index (χ4v) is 5.34. The number of ether oxygens (including phenoxy) is 5. The molecule has 0 saturated heterocycles. The molecule has 4 rings (SSSR count). The number of allylic oxidation sites excluding steroid dienone is 1. The van der Waals surface area contributed by atoms with Crippen molar-refractivity contribution in [2.75, 3.05) is 34.5 Å². The maximum Gasteiger partial charge on any atom is 0.338 e. The van der Waals surface area contributed by atoms with Gasteiger partial charge in [-0.3, -0.25) is 9.36 Å². The van der Waals surface area contributed by atoms with E-state index in [2.05, 4.69) is 10.9 Å². The van der Waals surface area contributed by atoms with Gasteiger partial charge in [0.15, 0.2) is 16.3 Å². The highest BCUT2D eigenvalue weighted by Crippen LogP contribution is 2.37. The van der Waals surface area contributed by atoms with E-state index in [9.17, 15) is 9.59 Å². The number of aromatic nitrogens is 1. The molecule has 1 aliphatic heterocycles. The molecule has 0 unspecified atom stereocenters. The normalized spacial score (nSPS) is 14.7. The first-order valence-corrected chi connectivity index (χ1v) is 12.8. The minimum absolute atomic E-state index is 0.102. The van der Waals surface area contributed by atoms with Gasteiger partial charge in [0, 0.05) is 11.6 Å². The summed E-state index contributed by atoms with van der Waals surface area (Å²) in [5.74, 6) is 3.87. The minimum Gasteiger partial charge on any atom is -0.497 e. The Bertz CT molecular complexity index is 1660. The van der Waals surface area contributed by atoms with Gasteiger partial charge in [0.25, 0.3) is 5.56 Å². The van der Waals surface area contributed by atoms with Crippen LogP contribution >= 0.6 is 11.3 Å². The average molecular weight is 549 g/mol. The van der Waals surface area contributed by atoms with Crippen LogP contribution < -0.4 is 33.8 Å². The zero-order valence-corrected chi connectivity index (χ0v) is 23.1. The third-order valence-electron chi connectivity index (χ3n) is 6.05. The quantitative estimate of drug-likeness (QED) is 0.300.